The molecule has 0 saturated carbocycles. The Hall–Kier alpha value is -2.95. The van der Waals surface area contributed by atoms with Crippen molar-refractivity contribution in [2.24, 2.45) is 0 Å². The maximum Gasteiger partial charge on any atom is 0.142 e. The van der Waals surface area contributed by atoms with Crippen LogP contribution in [0.3, 0.4) is 0 Å². The highest BCUT2D eigenvalue weighted by Crippen LogP contribution is 2.43. The molecule has 0 aliphatic heterocycles. The van der Waals surface area contributed by atoms with Crippen molar-refractivity contribution in [1.82, 2.24) is 0 Å². The van der Waals surface area contributed by atoms with Gasteiger partial charge in [0.15, 0.2) is 0 Å². The summed E-state index contributed by atoms with van der Waals surface area (Å²) in [6, 6.07) is 29.3. The minimum absolute atomic E-state index is 0.806. The molecule has 0 spiro atoms. The van der Waals surface area contributed by atoms with E-state index in [0.717, 1.165) is 22.5 Å². The lowest BCUT2D eigenvalue weighted by Crippen LogP contribution is -2.07. The third-order valence-electron chi connectivity index (χ3n) is 4.05. The van der Waals surface area contributed by atoms with Gasteiger partial charge in [-0.1, -0.05) is 36.4 Å². The smallest absolute Gasteiger partial charge is 0.142 e. The molecular formula is C23H17NOS2. The van der Waals surface area contributed by atoms with Crippen molar-refractivity contribution in [3.8, 4) is 9.75 Å². The molecule has 132 valence electrons. The molecule has 2 aromatic heterocycles. The van der Waals surface area contributed by atoms with Gasteiger partial charge >= 0.3 is 0 Å². The summed E-state index contributed by atoms with van der Waals surface area (Å²) in [6.07, 6.45) is 4.18. The molecule has 0 N–H and O–H groups in total. The molecule has 0 atom stereocenters. The van der Waals surface area contributed by atoms with E-state index < -0.39 is 0 Å². The maximum atomic E-state index is 10.5. The van der Waals surface area contributed by atoms with Crippen LogP contribution < -0.4 is 4.90 Å². The van der Waals surface area contributed by atoms with Gasteiger partial charge in [-0.25, -0.2) is 0 Å². The van der Waals surface area contributed by atoms with Crippen LogP contribution in [-0.4, -0.2) is 6.29 Å². The number of hydrogen-bond donors (Lipinski definition) is 0. The molecule has 4 heteroatoms. The summed E-state index contributed by atoms with van der Waals surface area (Å²) < 4.78 is 0. The molecule has 0 aliphatic rings. The van der Waals surface area contributed by atoms with Gasteiger partial charge in [0.25, 0.3) is 0 Å². The van der Waals surface area contributed by atoms with Gasteiger partial charge < -0.3 is 4.90 Å². The van der Waals surface area contributed by atoms with E-state index in [1.54, 1.807) is 22.7 Å². The predicted molar refractivity (Wildman–Crippen MR) is 117 cm³/mol. The zero-order chi connectivity index (χ0) is 18.5. The highest BCUT2D eigenvalue weighted by molar-refractivity contribution is 7.24. The standard InChI is InChI=1S/C23H17NOS2/c25-17-7-12-20-13-14-21(26-20)22-15-16-23(27-22)24(18-8-3-1-4-9-18)19-10-5-2-6-11-19/h1-17H/b12-7+. The van der Waals surface area contributed by atoms with Gasteiger partial charge in [0.1, 0.15) is 11.3 Å². The van der Waals surface area contributed by atoms with Crippen LogP contribution in [-0.2, 0) is 4.79 Å². The van der Waals surface area contributed by atoms with Gasteiger partial charge in [-0.05, 0) is 60.7 Å². The Morgan fingerprint density at radius 2 is 1.26 bits per heavy atom. The third kappa shape index (κ3) is 3.92. The minimum Gasteiger partial charge on any atom is -0.302 e. The molecule has 4 rings (SSSR count). The van der Waals surface area contributed by atoms with Crippen LogP contribution >= 0.6 is 22.7 Å². The second-order valence-electron chi connectivity index (χ2n) is 5.84. The maximum absolute atomic E-state index is 10.5. The summed E-state index contributed by atoms with van der Waals surface area (Å²) in [5.41, 5.74) is 2.27. The summed E-state index contributed by atoms with van der Waals surface area (Å²) in [4.78, 5) is 16.3. The summed E-state index contributed by atoms with van der Waals surface area (Å²) >= 11 is 3.45. The Morgan fingerprint density at radius 1 is 0.667 bits per heavy atom. The van der Waals surface area contributed by atoms with Crippen LogP contribution in [0.4, 0.5) is 16.4 Å². The van der Waals surface area contributed by atoms with Gasteiger partial charge in [0.2, 0.25) is 0 Å². The number of thiophene rings is 2. The van der Waals surface area contributed by atoms with Crippen LogP contribution in [0.25, 0.3) is 15.8 Å². The quantitative estimate of drug-likeness (QED) is 0.258. The fourth-order valence-corrected chi connectivity index (χ4v) is 4.91. The van der Waals surface area contributed by atoms with Crippen LogP contribution in [0.5, 0.6) is 0 Å². The van der Waals surface area contributed by atoms with Crippen molar-refractivity contribution in [3.05, 3.63) is 95.9 Å². The SMILES string of the molecule is O=C/C=C/c1ccc(-c2ccc(N(c3ccccc3)c3ccccc3)s2)s1. The van der Waals surface area contributed by atoms with E-state index in [4.69, 9.17) is 0 Å². The van der Waals surface area contributed by atoms with Crippen molar-refractivity contribution in [3.63, 3.8) is 0 Å². The number of carbonyl (C=O) groups is 1. The van der Waals surface area contributed by atoms with Crippen molar-refractivity contribution in [1.29, 1.82) is 0 Å². The molecule has 27 heavy (non-hydrogen) atoms. The Labute approximate surface area is 166 Å². The second kappa shape index (κ2) is 8.16. The number of aldehydes is 1. The fourth-order valence-electron chi connectivity index (χ4n) is 2.85. The highest BCUT2D eigenvalue weighted by atomic mass is 32.1. The van der Waals surface area contributed by atoms with Gasteiger partial charge in [0, 0.05) is 26.0 Å². The monoisotopic (exact) mass is 387 g/mol. The number of allylic oxidation sites excluding steroid dienone is 1. The van der Waals surface area contributed by atoms with Crippen LogP contribution in [0.15, 0.2) is 91.0 Å². The Morgan fingerprint density at radius 3 is 1.89 bits per heavy atom. The molecule has 4 aromatic rings. The number of benzene rings is 2. The van der Waals surface area contributed by atoms with Gasteiger partial charge in [-0.15, -0.1) is 22.7 Å². The lowest BCUT2D eigenvalue weighted by Gasteiger charge is -2.23. The number of anilines is 3. The fraction of sp³-hybridized carbons (Fsp3) is 0. The number of rotatable bonds is 6. The Balaban J connectivity index is 1.71. The first kappa shape index (κ1) is 17.5. The largest absolute Gasteiger partial charge is 0.302 e. The average molecular weight is 388 g/mol. The van der Waals surface area contributed by atoms with E-state index in [9.17, 15) is 4.79 Å². The molecule has 0 amide bonds. The number of hydrogen-bond acceptors (Lipinski definition) is 4. The summed E-state index contributed by atoms with van der Waals surface area (Å²) in [7, 11) is 0. The van der Waals surface area contributed by atoms with E-state index >= 15 is 0 Å². The van der Waals surface area contributed by atoms with Gasteiger partial charge in [0.05, 0.1) is 0 Å². The average Bonchev–Trinajstić information content (AvgIpc) is 3.38. The van der Waals surface area contributed by atoms with Crippen molar-refractivity contribution in [2.75, 3.05) is 4.90 Å². The number of para-hydroxylation sites is 2. The number of carbonyl (C=O) groups excluding carboxylic acids is 1. The molecule has 2 aromatic carbocycles. The molecule has 0 unspecified atom stereocenters. The topological polar surface area (TPSA) is 20.3 Å². The molecular weight excluding hydrogens is 370 g/mol. The van der Waals surface area contributed by atoms with E-state index in [1.807, 2.05) is 24.3 Å². The lowest BCUT2D eigenvalue weighted by atomic mass is 10.2. The normalized spacial score (nSPS) is 11.0. The zero-order valence-electron chi connectivity index (χ0n) is 14.5. The second-order valence-corrected chi connectivity index (χ2v) is 8.02. The van der Waals surface area contributed by atoms with Crippen molar-refractivity contribution >= 4 is 51.4 Å². The summed E-state index contributed by atoms with van der Waals surface area (Å²) in [5, 5.41) is 1.17. The lowest BCUT2D eigenvalue weighted by molar-refractivity contribution is -0.104. The van der Waals surface area contributed by atoms with E-state index in [2.05, 4.69) is 71.6 Å². The zero-order valence-corrected chi connectivity index (χ0v) is 16.1. The van der Waals surface area contributed by atoms with Crippen LogP contribution in [0.1, 0.15) is 4.88 Å². The minimum atomic E-state index is 0.806. The first-order chi connectivity index (χ1) is 13.3. The molecule has 2 heterocycles. The Kier molecular flexibility index (Phi) is 5.28. The van der Waals surface area contributed by atoms with Gasteiger partial charge in [-0.2, -0.15) is 0 Å². The van der Waals surface area contributed by atoms with E-state index in [1.165, 1.54) is 20.8 Å². The van der Waals surface area contributed by atoms with E-state index in [0.29, 0.717) is 0 Å². The number of nitrogens with zero attached hydrogens (tertiary/aromatic N) is 1. The summed E-state index contributed by atoms with van der Waals surface area (Å²) in [6.45, 7) is 0. The molecule has 0 saturated heterocycles. The molecule has 0 bridgehead atoms. The first-order valence-electron chi connectivity index (χ1n) is 8.57. The Bertz CT molecular complexity index is 1010. The molecule has 0 aliphatic carbocycles. The molecule has 2 nitrogen and oxygen atoms in total. The summed E-state index contributed by atoms with van der Waals surface area (Å²) in [5.74, 6) is 0. The van der Waals surface area contributed by atoms with Crippen molar-refractivity contribution in [2.45, 2.75) is 0 Å². The molecule has 0 radical (unpaired) electrons. The molecule has 0 fully saturated rings. The first-order valence-corrected chi connectivity index (χ1v) is 10.2. The van der Waals surface area contributed by atoms with Gasteiger partial charge in [-0.3, -0.25) is 4.79 Å². The highest BCUT2D eigenvalue weighted by Gasteiger charge is 2.15. The third-order valence-corrected chi connectivity index (χ3v) is 6.37. The van der Waals surface area contributed by atoms with E-state index in [-0.39, 0.29) is 0 Å². The van der Waals surface area contributed by atoms with Crippen molar-refractivity contribution < 1.29 is 4.79 Å². The van der Waals surface area contributed by atoms with Crippen LogP contribution in [0, 0.1) is 0 Å². The van der Waals surface area contributed by atoms with Crippen LogP contribution in [0.2, 0.25) is 0 Å². The predicted octanol–water partition coefficient (Wildman–Crippen LogP) is 7.16.